The lowest BCUT2D eigenvalue weighted by Crippen LogP contribution is -2.36. The van der Waals surface area contributed by atoms with Crippen LogP contribution in [0.2, 0.25) is 0 Å². The number of rotatable bonds is 4. The number of aliphatic hydroxyl groups excluding tert-OH is 1. The highest BCUT2D eigenvalue weighted by atomic mass is 32.2. The van der Waals surface area contributed by atoms with E-state index in [1.807, 2.05) is 4.90 Å². The van der Waals surface area contributed by atoms with Gasteiger partial charge in [-0.1, -0.05) is 0 Å². The molecule has 0 radical (unpaired) electrons. The van der Waals surface area contributed by atoms with Gasteiger partial charge in [-0.05, 0) is 43.0 Å². The quantitative estimate of drug-likeness (QED) is 0.923. The van der Waals surface area contributed by atoms with Crippen LogP contribution in [0.4, 0.5) is 14.5 Å². The number of piperidine rings is 1. The van der Waals surface area contributed by atoms with Crippen molar-refractivity contribution in [1.82, 2.24) is 0 Å². The van der Waals surface area contributed by atoms with Crippen molar-refractivity contribution in [3.8, 4) is 0 Å². The van der Waals surface area contributed by atoms with Crippen LogP contribution in [0, 0.1) is 5.92 Å². The molecular weight excluding hydrogens is 288 g/mol. The van der Waals surface area contributed by atoms with Crippen LogP contribution in [-0.2, 0) is 9.84 Å². The number of hydrogen-bond donors (Lipinski definition) is 1. The van der Waals surface area contributed by atoms with E-state index in [9.17, 15) is 22.3 Å². The number of benzene rings is 1. The maximum absolute atomic E-state index is 12.4. The van der Waals surface area contributed by atoms with Gasteiger partial charge in [-0.2, -0.15) is 8.78 Å². The van der Waals surface area contributed by atoms with Gasteiger partial charge in [-0.15, -0.1) is 0 Å². The maximum Gasteiger partial charge on any atom is 0.341 e. The summed E-state index contributed by atoms with van der Waals surface area (Å²) in [5, 5.41) is 9.18. The van der Waals surface area contributed by atoms with Crippen LogP contribution in [0.3, 0.4) is 0 Å². The van der Waals surface area contributed by atoms with E-state index in [4.69, 9.17) is 0 Å². The minimum atomic E-state index is -4.53. The molecule has 1 atom stereocenters. The molecule has 1 aliphatic rings. The first-order valence-corrected chi connectivity index (χ1v) is 7.97. The summed E-state index contributed by atoms with van der Waals surface area (Å²) in [6, 6.07) is 5.49. The highest BCUT2D eigenvalue weighted by Gasteiger charge is 2.27. The first-order valence-electron chi connectivity index (χ1n) is 6.43. The highest BCUT2D eigenvalue weighted by Crippen LogP contribution is 2.25. The van der Waals surface area contributed by atoms with Gasteiger partial charge in [-0.3, -0.25) is 0 Å². The Morgan fingerprint density at radius 3 is 2.50 bits per heavy atom. The van der Waals surface area contributed by atoms with Crippen molar-refractivity contribution < 1.29 is 22.3 Å². The fourth-order valence-corrected chi connectivity index (χ4v) is 3.12. The van der Waals surface area contributed by atoms with E-state index in [1.165, 1.54) is 24.3 Å². The molecule has 0 bridgehead atoms. The molecule has 20 heavy (non-hydrogen) atoms. The van der Waals surface area contributed by atoms with E-state index in [0.717, 1.165) is 25.1 Å². The topological polar surface area (TPSA) is 57.6 Å². The smallest absolute Gasteiger partial charge is 0.341 e. The maximum atomic E-state index is 12.4. The van der Waals surface area contributed by atoms with Crippen LogP contribution in [0.15, 0.2) is 29.2 Å². The fraction of sp³-hybridized carbons (Fsp3) is 0.538. The average molecular weight is 305 g/mol. The summed E-state index contributed by atoms with van der Waals surface area (Å²) in [6.45, 7) is 1.63. The molecule has 0 aliphatic carbocycles. The Morgan fingerprint density at radius 2 is 1.95 bits per heavy atom. The summed E-state index contributed by atoms with van der Waals surface area (Å²) < 4.78 is 47.5. The SMILES string of the molecule is O=S(=O)(c1ccc(N2CCC[C@@H](CO)C2)cc1)C(F)F. The van der Waals surface area contributed by atoms with Crippen LogP contribution < -0.4 is 4.90 Å². The zero-order chi connectivity index (χ0) is 14.8. The lowest BCUT2D eigenvalue weighted by Gasteiger charge is -2.33. The molecule has 1 aromatic rings. The summed E-state index contributed by atoms with van der Waals surface area (Å²) in [4.78, 5) is 1.66. The van der Waals surface area contributed by atoms with Crippen LogP contribution in [0.5, 0.6) is 0 Å². The second kappa shape index (κ2) is 6.05. The molecule has 1 fully saturated rings. The molecule has 0 saturated carbocycles. The van der Waals surface area contributed by atoms with Gasteiger partial charge in [0, 0.05) is 25.4 Å². The third kappa shape index (κ3) is 3.09. The lowest BCUT2D eigenvalue weighted by atomic mass is 9.98. The number of anilines is 1. The van der Waals surface area contributed by atoms with Crippen molar-refractivity contribution in [3.63, 3.8) is 0 Å². The molecule has 1 heterocycles. The summed E-state index contributed by atoms with van der Waals surface area (Å²) in [7, 11) is -4.53. The van der Waals surface area contributed by atoms with Gasteiger partial charge in [0.15, 0.2) is 0 Å². The van der Waals surface area contributed by atoms with Crippen molar-refractivity contribution in [2.24, 2.45) is 5.92 Å². The fourth-order valence-electron chi connectivity index (χ4n) is 2.40. The molecule has 7 heteroatoms. The van der Waals surface area contributed by atoms with Crippen molar-refractivity contribution in [2.75, 3.05) is 24.6 Å². The third-order valence-corrected chi connectivity index (χ3v) is 4.94. The summed E-state index contributed by atoms with van der Waals surface area (Å²) >= 11 is 0. The Balaban J connectivity index is 2.16. The van der Waals surface area contributed by atoms with E-state index in [-0.39, 0.29) is 17.4 Å². The lowest BCUT2D eigenvalue weighted by molar-refractivity contribution is 0.208. The van der Waals surface area contributed by atoms with E-state index in [1.54, 1.807) is 0 Å². The Labute approximate surface area is 116 Å². The molecule has 0 spiro atoms. The zero-order valence-electron chi connectivity index (χ0n) is 10.9. The predicted octanol–water partition coefficient (Wildman–Crippen LogP) is 1.89. The molecule has 1 saturated heterocycles. The van der Waals surface area contributed by atoms with Crippen LogP contribution in [0.25, 0.3) is 0 Å². The van der Waals surface area contributed by atoms with Gasteiger partial charge in [0.1, 0.15) is 0 Å². The molecule has 2 rings (SSSR count). The van der Waals surface area contributed by atoms with E-state index < -0.39 is 15.6 Å². The molecule has 1 aromatic carbocycles. The van der Waals surface area contributed by atoms with E-state index in [0.29, 0.717) is 6.54 Å². The number of halogens is 2. The minimum absolute atomic E-state index is 0.119. The Morgan fingerprint density at radius 1 is 1.30 bits per heavy atom. The van der Waals surface area contributed by atoms with Crippen molar-refractivity contribution in [3.05, 3.63) is 24.3 Å². The normalized spacial score (nSPS) is 20.4. The molecule has 4 nitrogen and oxygen atoms in total. The Hall–Kier alpha value is -1.21. The van der Waals surface area contributed by atoms with E-state index in [2.05, 4.69) is 0 Å². The first kappa shape index (κ1) is 15.2. The van der Waals surface area contributed by atoms with Gasteiger partial charge in [0.2, 0.25) is 9.84 Å². The number of sulfone groups is 1. The molecule has 1 aliphatic heterocycles. The molecule has 0 unspecified atom stereocenters. The predicted molar refractivity (Wildman–Crippen MR) is 71.7 cm³/mol. The summed E-state index contributed by atoms with van der Waals surface area (Å²) in [5.41, 5.74) is 0.788. The summed E-state index contributed by atoms with van der Waals surface area (Å²) in [5.74, 6) is -3.20. The van der Waals surface area contributed by atoms with Crippen molar-refractivity contribution >= 4 is 15.5 Å². The zero-order valence-corrected chi connectivity index (χ0v) is 11.7. The second-order valence-corrected chi connectivity index (χ2v) is 6.85. The first-order chi connectivity index (χ1) is 9.45. The van der Waals surface area contributed by atoms with Crippen molar-refractivity contribution in [2.45, 2.75) is 23.5 Å². The molecule has 0 amide bonds. The number of alkyl halides is 2. The number of hydrogen-bond acceptors (Lipinski definition) is 4. The van der Waals surface area contributed by atoms with Crippen LogP contribution in [0.1, 0.15) is 12.8 Å². The highest BCUT2D eigenvalue weighted by molar-refractivity contribution is 7.91. The van der Waals surface area contributed by atoms with Crippen LogP contribution in [-0.4, -0.2) is 39.0 Å². The number of nitrogens with zero attached hydrogens (tertiary/aromatic N) is 1. The molecular formula is C13H17F2NO3S. The summed E-state index contributed by atoms with van der Waals surface area (Å²) in [6.07, 6.45) is 1.91. The largest absolute Gasteiger partial charge is 0.396 e. The van der Waals surface area contributed by atoms with Gasteiger partial charge >= 0.3 is 5.76 Å². The van der Waals surface area contributed by atoms with E-state index >= 15 is 0 Å². The average Bonchev–Trinajstić information content (AvgIpc) is 2.47. The Bertz CT molecular complexity index is 545. The van der Waals surface area contributed by atoms with Gasteiger partial charge in [-0.25, -0.2) is 8.42 Å². The van der Waals surface area contributed by atoms with Crippen LogP contribution >= 0.6 is 0 Å². The Kier molecular flexibility index (Phi) is 4.59. The minimum Gasteiger partial charge on any atom is -0.396 e. The molecule has 1 N–H and O–H groups in total. The van der Waals surface area contributed by atoms with Crippen molar-refractivity contribution in [1.29, 1.82) is 0 Å². The van der Waals surface area contributed by atoms with Gasteiger partial charge < -0.3 is 10.0 Å². The standard InChI is InChI=1S/C13H17F2NO3S/c14-13(15)20(18,19)12-5-3-11(4-6-12)16-7-1-2-10(8-16)9-17/h3-6,10,13,17H,1-2,7-9H2/t10-/m1/s1. The van der Waals surface area contributed by atoms with Gasteiger partial charge in [0.05, 0.1) is 4.90 Å². The monoisotopic (exact) mass is 305 g/mol. The second-order valence-electron chi connectivity index (χ2n) is 4.94. The molecule has 0 aromatic heterocycles. The van der Waals surface area contributed by atoms with Gasteiger partial charge in [0.25, 0.3) is 0 Å². The molecule has 112 valence electrons. The third-order valence-electron chi connectivity index (χ3n) is 3.54. The number of aliphatic hydroxyl groups is 1.